The first-order valence-corrected chi connectivity index (χ1v) is 11.5. The molecule has 1 aliphatic rings. The van der Waals surface area contributed by atoms with Gasteiger partial charge in [-0.3, -0.25) is 9.69 Å². The van der Waals surface area contributed by atoms with Crippen molar-refractivity contribution in [1.29, 1.82) is 5.41 Å². The molecule has 1 aliphatic heterocycles. The molecular weight excluding hydrogens is 428 g/mol. The van der Waals surface area contributed by atoms with Gasteiger partial charge in [0.25, 0.3) is 5.91 Å². The highest BCUT2D eigenvalue weighted by Gasteiger charge is 2.11. The average Bonchev–Trinajstić information content (AvgIpc) is 2.85. The number of carbonyl (C=O) groups is 1. The molecule has 1 amide bonds. The van der Waals surface area contributed by atoms with Gasteiger partial charge in [0.05, 0.1) is 19.3 Å². The summed E-state index contributed by atoms with van der Waals surface area (Å²) in [6, 6.07) is 14.9. The van der Waals surface area contributed by atoms with Crippen LogP contribution in [0.25, 0.3) is 16.3 Å². The molecule has 176 valence electrons. The third-order valence-electron chi connectivity index (χ3n) is 5.61. The van der Waals surface area contributed by atoms with Gasteiger partial charge in [0.2, 0.25) is 0 Å². The van der Waals surface area contributed by atoms with Crippen LogP contribution in [0.15, 0.2) is 60.8 Å². The Kier molecular flexibility index (Phi) is 7.67. The van der Waals surface area contributed by atoms with Crippen LogP contribution in [0.2, 0.25) is 0 Å². The van der Waals surface area contributed by atoms with Gasteiger partial charge >= 0.3 is 0 Å². The molecule has 0 atom stereocenters. The Labute approximate surface area is 199 Å². The molecule has 2 aromatic carbocycles. The maximum absolute atomic E-state index is 12.7. The van der Waals surface area contributed by atoms with E-state index in [1.54, 1.807) is 30.5 Å². The Balaban J connectivity index is 1.49. The lowest BCUT2D eigenvalue weighted by molar-refractivity contribution is 0.0435. The maximum atomic E-state index is 12.7. The number of nitrogens with one attached hydrogen (secondary N) is 2. The first kappa shape index (κ1) is 23.6. The highest BCUT2D eigenvalue weighted by molar-refractivity contribution is 6.09. The Hall–Kier alpha value is -3.55. The fourth-order valence-electron chi connectivity index (χ4n) is 3.81. The Bertz CT molecular complexity index is 1180. The number of hydrogen-bond donors (Lipinski definition) is 2. The van der Waals surface area contributed by atoms with Gasteiger partial charge < -0.3 is 20.2 Å². The normalized spacial score (nSPS) is 14.9. The van der Waals surface area contributed by atoms with E-state index in [4.69, 9.17) is 14.9 Å². The van der Waals surface area contributed by atoms with E-state index in [-0.39, 0.29) is 12.0 Å². The van der Waals surface area contributed by atoms with Crippen molar-refractivity contribution >= 4 is 34.3 Å². The molecule has 0 radical (unpaired) electrons. The van der Waals surface area contributed by atoms with E-state index in [1.165, 1.54) is 6.21 Å². The first-order valence-electron chi connectivity index (χ1n) is 11.5. The second-order valence-corrected chi connectivity index (χ2v) is 8.49. The zero-order valence-electron chi connectivity index (χ0n) is 19.6. The largest absolute Gasteiger partial charge is 0.491 e. The minimum absolute atomic E-state index is 0.0775. The summed E-state index contributed by atoms with van der Waals surface area (Å²) in [4.78, 5) is 19.4. The number of fused-ring (bicyclic) bond motifs is 1. The van der Waals surface area contributed by atoms with Gasteiger partial charge in [0.15, 0.2) is 0 Å². The number of anilines is 1. The summed E-state index contributed by atoms with van der Waals surface area (Å²) >= 11 is 0. The summed E-state index contributed by atoms with van der Waals surface area (Å²) in [6.45, 7) is 8.02. The van der Waals surface area contributed by atoms with E-state index in [1.807, 2.05) is 38.1 Å². The molecule has 1 fully saturated rings. The van der Waals surface area contributed by atoms with Crippen molar-refractivity contribution in [2.45, 2.75) is 20.0 Å². The van der Waals surface area contributed by atoms with Crippen LogP contribution in [0.4, 0.5) is 5.82 Å². The monoisotopic (exact) mass is 458 g/mol. The quantitative estimate of drug-likeness (QED) is 0.480. The van der Waals surface area contributed by atoms with Crippen LogP contribution in [0.3, 0.4) is 0 Å². The molecule has 34 heavy (non-hydrogen) atoms. The summed E-state index contributed by atoms with van der Waals surface area (Å²) in [5.41, 5.74) is 2.35. The molecule has 2 heterocycles. The zero-order chi connectivity index (χ0) is 23.9. The van der Waals surface area contributed by atoms with Crippen molar-refractivity contribution in [2.24, 2.45) is 0 Å². The molecule has 7 heteroatoms. The lowest BCUT2D eigenvalue weighted by Crippen LogP contribution is -2.36. The Morgan fingerprint density at radius 1 is 1.12 bits per heavy atom. The minimum Gasteiger partial charge on any atom is -0.491 e. The van der Waals surface area contributed by atoms with Crippen LogP contribution >= 0.6 is 0 Å². The number of carbonyl (C=O) groups excluding carboxylic acids is 1. The SMILES string of the molecule is CC(C)Oc1ccc(C(=O)Nc2cc3cc(/C(C=N)=C\CN4CCOCC4)ccc3cn2)cc1. The number of nitrogens with zero attached hydrogens (tertiary/aromatic N) is 2. The zero-order valence-corrected chi connectivity index (χ0v) is 19.6. The number of benzene rings is 2. The molecule has 7 nitrogen and oxygen atoms in total. The van der Waals surface area contributed by atoms with Gasteiger partial charge in [-0.05, 0) is 66.8 Å². The van der Waals surface area contributed by atoms with Gasteiger partial charge in [-0.25, -0.2) is 4.98 Å². The van der Waals surface area contributed by atoms with Crippen LogP contribution in [0.5, 0.6) is 5.75 Å². The number of hydrogen-bond acceptors (Lipinski definition) is 6. The summed E-state index contributed by atoms with van der Waals surface area (Å²) in [6.07, 6.45) is 5.29. The molecule has 4 rings (SSSR count). The lowest BCUT2D eigenvalue weighted by atomic mass is 10.0. The summed E-state index contributed by atoms with van der Waals surface area (Å²) in [5.74, 6) is 0.974. The van der Waals surface area contributed by atoms with E-state index >= 15 is 0 Å². The molecule has 0 bridgehead atoms. The van der Waals surface area contributed by atoms with Gasteiger partial charge in [0.1, 0.15) is 11.6 Å². The fraction of sp³-hybridized carbons (Fsp3) is 0.296. The Morgan fingerprint density at radius 3 is 2.56 bits per heavy atom. The molecule has 1 saturated heterocycles. The Morgan fingerprint density at radius 2 is 1.85 bits per heavy atom. The maximum Gasteiger partial charge on any atom is 0.256 e. The minimum atomic E-state index is -0.232. The second kappa shape index (κ2) is 11.0. The van der Waals surface area contributed by atoms with Gasteiger partial charge in [-0.15, -0.1) is 0 Å². The van der Waals surface area contributed by atoms with Gasteiger partial charge in [-0.1, -0.05) is 18.2 Å². The smallest absolute Gasteiger partial charge is 0.256 e. The number of aromatic nitrogens is 1. The van der Waals surface area contributed by atoms with Gasteiger partial charge in [-0.2, -0.15) is 0 Å². The van der Waals surface area contributed by atoms with Crippen molar-refractivity contribution in [3.8, 4) is 5.75 Å². The number of rotatable bonds is 8. The third-order valence-corrected chi connectivity index (χ3v) is 5.61. The fourth-order valence-corrected chi connectivity index (χ4v) is 3.81. The van der Waals surface area contributed by atoms with Crippen LogP contribution in [-0.2, 0) is 4.74 Å². The van der Waals surface area contributed by atoms with E-state index < -0.39 is 0 Å². The number of allylic oxidation sites excluding steroid dienone is 1. The van der Waals surface area contributed by atoms with Crippen LogP contribution in [0, 0.1) is 5.41 Å². The molecule has 0 spiro atoms. The van der Waals surface area contributed by atoms with Crippen LogP contribution in [-0.4, -0.2) is 61.0 Å². The number of amides is 1. The molecule has 0 saturated carbocycles. The topological polar surface area (TPSA) is 87.5 Å². The summed E-state index contributed by atoms with van der Waals surface area (Å²) in [7, 11) is 0. The van der Waals surface area contributed by atoms with Crippen molar-refractivity contribution in [2.75, 3.05) is 38.2 Å². The molecule has 1 aromatic heterocycles. The lowest BCUT2D eigenvalue weighted by Gasteiger charge is -2.25. The standard InChI is InChI=1S/C27H30N4O3/c1-19(2)34-25-7-5-20(6-8-25)27(32)30-26-16-24-15-21(3-4-23(24)18-29-26)22(17-28)9-10-31-11-13-33-14-12-31/h3-9,15-19,28H,10-14H2,1-2H3,(H,29,30,32)/b22-9-,28-17?. The highest BCUT2D eigenvalue weighted by Crippen LogP contribution is 2.23. The van der Waals surface area contributed by atoms with E-state index in [0.29, 0.717) is 11.4 Å². The van der Waals surface area contributed by atoms with Crippen molar-refractivity contribution < 1.29 is 14.3 Å². The number of ether oxygens (including phenoxy) is 2. The van der Waals surface area contributed by atoms with E-state index in [0.717, 1.165) is 60.5 Å². The first-order chi connectivity index (χ1) is 16.5. The molecule has 3 aromatic rings. The summed E-state index contributed by atoms with van der Waals surface area (Å²) < 4.78 is 11.0. The average molecular weight is 459 g/mol. The second-order valence-electron chi connectivity index (χ2n) is 8.49. The van der Waals surface area contributed by atoms with Crippen molar-refractivity contribution in [3.63, 3.8) is 0 Å². The van der Waals surface area contributed by atoms with Crippen molar-refractivity contribution in [1.82, 2.24) is 9.88 Å². The predicted octanol–water partition coefficient (Wildman–Crippen LogP) is 4.64. The highest BCUT2D eigenvalue weighted by atomic mass is 16.5. The van der Waals surface area contributed by atoms with Crippen LogP contribution < -0.4 is 10.1 Å². The van der Waals surface area contributed by atoms with Crippen molar-refractivity contribution in [3.05, 3.63) is 71.9 Å². The molecule has 0 unspecified atom stereocenters. The third kappa shape index (κ3) is 6.07. The van der Waals surface area contributed by atoms with Crippen LogP contribution in [0.1, 0.15) is 29.8 Å². The predicted molar refractivity (Wildman–Crippen MR) is 136 cm³/mol. The molecule has 0 aliphatic carbocycles. The molecular formula is C27H30N4O3. The number of morpholine rings is 1. The molecule has 2 N–H and O–H groups in total. The van der Waals surface area contributed by atoms with E-state index in [9.17, 15) is 4.79 Å². The summed E-state index contributed by atoms with van der Waals surface area (Å²) in [5, 5.41) is 12.7. The number of pyridine rings is 1. The van der Waals surface area contributed by atoms with E-state index in [2.05, 4.69) is 21.3 Å². The van der Waals surface area contributed by atoms with Gasteiger partial charge in [0, 0.05) is 43.0 Å².